The van der Waals surface area contributed by atoms with Gasteiger partial charge >= 0.3 is 0 Å². The van der Waals surface area contributed by atoms with E-state index in [0.29, 0.717) is 19.4 Å². The van der Waals surface area contributed by atoms with Crippen molar-refractivity contribution in [1.82, 2.24) is 14.3 Å². The summed E-state index contributed by atoms with van der Waals surface area (Å²) < 4.78 is 51.1. The van der Waals surface area contributed by atoms with Gasteiger partial charge in [0.1, 0.15) is 0 Å². The van der Waals surface area contributed by atoms with Crippen LogP contribution in [0.3, 0.4) is 0 Å². The van der Waals surface area contributed by atoms with Gasteiger partial charge in [-0.15, -0.1) is 0 Å². The summed E-state index contributed by atoms with van der Waals surface area (Å²) in [6.45, 7) is 5.63. The van der Waals surface area contributed by atoms with Gasteiger partial charge in [-0.1, -0.05) is 6.92 Å². The summed E-state index contributed by atoms with van der Waals surface area (Å²) in [6.07, 6.45) is 1.03. The van der Waals surface area contributed by atoms with E-state index in [4.69, 9.17) is 0 Å². The molecular formula is C11H25N3O4S2. The maximum atomic E-state index is 12.2. The first kappa shape index (κ1) is 17.8. The van der Waals surface area contributed by atoms with Crippen molar-refractivity contribution in [2.75, 3.05) is 38.2 Å². The highest BCUT2D eigenvalue weighted by molar-refractivity contribution is 7.92. The molecule has 0 aliphatic carbocycles. The molecule has 0 amide bonds. The molecule has 1 atom stereocenters. The molecule has 1 heterocycles. The Morgan fingerprint density at radius 3 is 2.50 bits per heavy atom. The highest BCUT2D eigenvalue weighted by Crippen LogP contribution is 2.24. The Hall–Kier alpha value is -0.220. The van der Waals surface area contributed by atoms with Crippen molar-refractivity contribution in [2.24, 2.45) is 0 Å². The minimum Gasteiger partial charge on any atom is -0.317 e. The molecule has 0 aromatic heterocycles. The Labute approximate surface area is 122 Å². The van der Waals surface area contributed by atoms with Gasteiger partial charge in [0.2, 0.25) is 0 Å². The molecule has 0 aromatic carbocycles. The van der Waals surface area contributed by atoms with Crippen molar-refractivity contribution < 1.29 is 16.8 Å². The Morgan fingerprint density at radius 2 is 2.00 bits per heavy atom. The molecule has 0 saturated carbocycles. The van der Waals surface area contributed by atoms with Gasteiger partial charge in [-0.25, -0.2) is 8.42 Å². The predicted molar refractivity (Wildman–Crippen MR) is 79.5 cm³/mol. The molecule has 0 spiro atoms. The molecule has 20 heavy (non-hydrogen) atoms. The molecule has 2 N–H and O–H groups in total. The SMILES string of the molecule is CCNCCCN(C)S(=O)(=O)NC1(C)CCS(=O)(=O)C1. The molecule has 120 valence electrons. The zero-order valence-electron chi connectivity index (χ0n) is 12.3. The summed E-state index contributed by atoms with van der Waals surface area (Å²) >= 11 is 0. The van der Waals surface area contributed by atoms with Crippen LogP contribution in [0.4, 0.5) is 0 Å². The third-order valence-electron chi connectivity index (χ3n) is 3.37. The van der Waals surface area contributed by atoms with Crippen LogP contribution in [0.15, 0.2) is 0 Å². The monoisotopic (exact) mass is 327 g/mol. The second-order valence-corrected chi connectivity index (χ2v) is 9.50. The van der Waals surface area contributed by atoms with Crippen molar-refractivity contribution in [1.29, 1.82) is 0 Å². The topological polar surface area (TPSA) is 95.6 Å². The highest BCUT2D eigenvalue weighted by Gasteiger charge is 2.41. The van der Waals surface area contributed by atoms with Crippen LogP contribution in [0, 0.1) is 0 Å². The Morgan fingerprint density at radius 1 is 1.35 bits per heavy atom. The smallest absolute Gasteiger partial charge is 0.279 e. The van der Waals surface area contributed by atoms with Crippen molar-refractivity contribution >= 4 is 20.0 Å². The molecule has 1 saturated heterocycles. The normalized spacial score (nSPS) is 26.2. The van der Waals surface area contributed by atoms with Gasteiger partial charge in [-0.3, -0.25) is 0 Å². The Bertz CT molecular complexity index is 518. The van der Waals surface area contributed by atoms with Crippen LogP contribution in [0.1, 0.15) is 26.7 Å². The summed E-state index contributed by atoms with van der Waals surface area (Å²) in [7, 11) is -5.28. The zero-order valence-corrected chi connectivity index (χ0v) is 14.0. The van der Waals surface area contributed by atoms with Crippen LogP contribution in [-0.2, 0) is 20.0 Å². The molecule has 0 radical (unpaired) electrons. The molecule has 0 aromatic rings. The number of rotatable bonds is 8. The largest absolute Gasteiger partial charge is 0.317 e. The minimum atomic E-state index is -3.65. The fourth-order valence-corrected chi connectivity index (χ4v) is 5.71. The lowest BCUT2D eigenvalue weighted by molar-refractivity contribution is 0.406. The Balaban J connectivity index is 2.56. The van der Waals surface area contributed by atoms with E-state index in [-0.39, 0.29) is 11.5 Å². The van der Waals surface area contributed by atoms with E-state index in [1.807, 2.05) is 6.92 Å². The lowest BCUT2D eigenvalue weighted by Crippen LogP contribution is -2.52. The van der Waals surface area contributed by atoms with E-state index in [9.17, 15) is 16.8 Å². The van der Waals surface area contributed by atoms with Crippen LogP contribution in [-0.4, -0.2) is 64.9 Å². The summed E-state index contributed by atoms with van der Waals surface area (Å²) in [5, 5.41) is 3.13. The fourth-order valence-electron chi connectivity index (χ4n) is 2.20. The number of nitrogens with zero attached hydrogens (tertiary/aromatic N) is 1. The van der Waals surface area contributed by atoms with Crippen molar-refractivity contribution in [3.63, 3.8) is 0 Å². The van der Waals surface area contributed by atoms with Crippen LogP contribution in [0.2, 0.25) is 0 Å². The molecular weight excluding hydrogens is 302 g/mol. The predicted octanol–water partition coefficient (Wildman–Crippen LogP) is -0.671. The molecule has 1 aliphatic heterocycles. The fraction of sp³-hybridized carbons (Fsp3) is 1.00. The molecule has 0 bridgehead atoms. The average molecular weight is 327 g/mol. The first-order valence-electron chi connectivity index (χ1n) is 6.77. The highest BCUT2D eigenvalue weighted by atomic mass is 32.2. The second-order valence-electron chi connectivity index (χ2n) is 5.54. The van der Waals surface area contributed by atoms with Crippen molar-refractivity contribution in [3.8, 4) is 0 Å². The summed E-state index contributed by atoms with van der Waals surface area (Å²) in [5.41, 5.74) is -0.895. The Kier molecular flexibility index (Phi) is 5.97. The van der Waals surface area contributed by atoms with E-state index in [2.05, 4.69) is 10.0 Å². The van der Waals surface area contributed by atoms with E-state index in [1.54, 1.807) is 6.92 Å². The van der Waals surface area contributed by atoms with Crippen molar-refractivity contribution in [2.45, 2.75) is 32.2 Å². The van der Waals surface area contributed by atoms with Crippen LogP contribution in [0.5, 0.6) is 0 Å². The maximum absolute atomic E-state index is 12.2. The number of sulfone groups is 1. The van der Waals surface area contributed by atoms with Gasteiger partial charge in [0, 0.05) is 19.1 Å². The third-order valence-corrected chi connectivity index (χ3v) is 7.02. The lowest BCUT2D eigenvalue weighted by Gasteiger charge is -2.27. The van der Waals surface area contributed by atoms with Crippen molar-refractivity contribution in [3.05, 3.63) is 0 Å². The maximum Gasteiger partial charge on any atom is 0.279 e. The first-order valence-corrected chi connectivity index (χ1v) is 10.0. The summed E-state index contributed by atoms with van der Waals surface area (Å²) in [4.78, 5) is 0. The molecule has 1 fully saturated rings. The standard InChI is InChI=1S/C11H25N3O4S2/c1-4-12-7-5-8-14(3)20(17,18)13-11(2)6-9-19(15,16)10-11/h12-13H,4-10H2,1-3H3. The molecule has 1 aliphatic rings. The van der Waals surface area contributed by atoms with E-state index in [1.165, 1.54) is 11.4 Å². The number of hydrogen-bond donors (Lipinski definition) is 2. The van der Waals surface area contributed by atoms with Gasteiger partial charge in [0.05, 0.1) is 11.5 Å². The first-order chi connectivity index (χ1) is 9.10. The third kappa shape index (κ3) is 5.28. The average Bonchev–Trinajstić information content (AvgIpc) is 2.57. The minimum absolute atomic E-state index is 0.0379. The van der Waals surface area contributed by atoms with Gasteiger partial charge < -0.3 is 5.32 Å². The van der Waals surface area contributed by atoms with Gasteiger partial charge in [0.25, 0.3) is 10.2 Å². The van der Waals surface area contributed by atoms with E-state index < -0.39 is 25.6 Å². The van der Waals surface area contributed by atoms with Gasteiger partial charge in [0.15, 0.2) is 9.84 Å². The van der Waals surface area contributed by atoms with E-state index >= 15 is 0 Å². The molecule has 9 heteroatoms. The summed E-state index contributed by atoms with van der Waals surface area (Å²) in [6, 6.07) is 0. The van der Waals surface area contributed by atoms with E-state index in [0.717, 1.165) is 13.1 Å². The zero-order chi connectivity index (χ0) is 15.4. The van der Waals surface area contributed by atoms with Gasteiger partial charge in [-0.2, -0.15) is 17.4 Å². The van der Waals surface area contributed by atoms with Crippen LogP contribution in [0.25, 0.3) is 0 Å². The quantitative estimate of drug-likeness (QED) is 0.577. The molecule has 1 unspecified atom stereocenters. The molecule has 1 rings (SSSR count). The lowest BCUT2D eigenvalue weighted by atomic mass is 10.0. The van der Waals surface area contributed by atoms with Crippen LogP contribution >= 0.6 is 0 Å². The summed E-state index contributed by atoms with van der Waals surface area (Å²) in [5.74, 6) is -0.0966. The molecule has 7 nitrogen and oxygen atoms in total. The van der Waals surface area contributed by atoms with Crippen LogP contribution < -0.4 is 10.0 Å². The second kappa shape index (κ2) is 6.69. The number of nitrogens with one attached hydrogen (secondary N) is 2. The number of hydrogen-bond acceptors (Lipinski definition) is 5. The van der Waals surface area contributed by atoms with Gasteiger partial charge in [-0.05, 0) is 32.9 Å².